The van der Waals surface area contributed by atoms with Gasteiger partial charge in [0.15, 0.2) is 11.0 Å². The van der Waals surface area contributed by atoms with E-state index in [1.165, 1.54) is 11.8 Å². The van der Waals surface area contributed by atoms with Crippen molar-refractivity contribution in [2.75, 3.05) is 24.8 Å². The summed E-state index contributed by atoms with van der Waals surface area (Å²) < 4.78 is 12.0. The Bertz CT molecular complexity index is 1030. The van der Waals surface area contributed by atoms with E-state index >= 15 is 0 Å². The number of carbonyl (C=O) groups is 2. The van der Waals surface area contributed by atoms with Crippen molar-refractivity contribution in [2.45, 2.75) is 12.1 Å². The molecule has 0 radical (unpaired) electrons. The molecule has 1 aromatic heterocycles. The second kappa shape index (κ2) is 9.93. The van der Waals surface area contributed by atoms with Gasteiger partial charge in [-0.1, -0.05) is 17.8 Å². The van der Waals surface area contributed by atoms with Crippen molar-refractivity contribution in [2.24, 2.45) is 7.05 Å². The molecule has 1 N–H and O–H groups in total. The maximum absolute atomic E-state index is 12.3. The van der Waals surface area contributed by atoms with Crippen LogP contribution in [-0.2, 0) is 16.6 Å². The Morgan fingerprint density at radius 2 is 1.90 bits per heavy atom. The van der Waals surface area contributed by atoms with E-state index in [0.29, 0.717) is 28.8 Å². The van der Waals surface area contributed by atoms with E-state index in [0.717, 1.165) is 11.3 Å². The van der Waals surface area contributed by atoms with Crippen LogP contribution in [0.1, 0.15) is 17.3 Å². The molecule has 0 saturated carbocycles. The van der Waals surface area contributed by atoms with Gasteiger partial charge in [-0.25, -0.2) is 4.79 Å². The fourth-order valence-corrected chi connectivity index (χ4v) is 3.41. The summed E-state index contributed by atoms with van der Waals surface area (Å²) in [5.74, 6) is 0.975. The minimum atomic E-state index is -0.423. The molecule has 0 saturated heterocycles. The van der Waals surface area contributed by atoms with Crippen LogP contribution in [0.2, 0.25) is 0 Å². The molecule has 3 rings (SSSR count). The summed E-state index contributed by atoms with van der Waals surface area (Å²) in [6, 6.07) is 14.2. The molecule has 30 heavy (non-hydrogen) atoms. The molecule has 8 nitrogen and oxygen atoms in total. The predicted molar refractivity (Wildman–Crippen MR) is 115 cm³/mol. The zero-order valence-corrected chi connectivity index (χ0v) is 17.7. The first-order chi connectivity index (χ1) is 14.5. The van der Waals surface area contributed by atoms with Gasteiger partial charge in [0.1, 0.15) is 5.75 Å². The van der Waals surface area contributed by atoms with E-state index in [1.54, 1.807) is 38.3 Å². The predicted octanol–water partition coefficient (Wildman–Crippen LogP) is 3.40. The third kappa shape index (κ3) is 5.18. The van der Waals surface area contributed by atoms with Gasteiger partial charge >= 0.3 is 5.97 Å². The summed E-state index contributed by atoms with van der Waals surface area (Å²) >= 11 is 1.28. The first kappa shape index (κ1) is 21.4. The second-order valence-corrected chi connectivity index (χ2v) is 7.17. The third-order valence-corrected chi connectivity index (χ3v) is 5.19. The number of benzene rings is 2. The van der Waals surface area contributed by atoms with Crippen molar-refractivity contribution < 1.29 is 19.1 Å². The molecule has 0 bridgehead atoms. The smallest absolute Gasteiger partial charge is 0.338 e. The quantitative estimate of drug-likeness (QED) is 0.436. The number of anilines is 1. The number of carbonyl (C=O) groups excluding carboxylic acids is 2. The molecule has 1 amide bonds. The molecule has 1 heterocycles. The number of ether oxygens (including phenoxy) is 2. The zero-order chi connectivity index (χ0) is 21.5. The van der Waals surface area contributed by atoms with Gasteiger partial charge < -0.3 is 19.4 Å². The van der Waals surface area contributed by atoms with Gasteiger partial charge in [0.2, 0.25) is 5.91 Å². The number of amides is 1. The number of hydrogen-bond acceptors (Lipinski definition) is 7. The fraction of sp³-hybridized carbons (Fsp3) is 0.238. The van der Waals surface area contributed by atoms with Crippen LogP contribution >= 0.6 is 11.8 Å². The van der Waals surface area contributed by atoms with Crippen molar-refractivity contribution in [3.05, 3.63) is 54.1 Å². The topological polar surface area (TPSA) is 95.3 Å². The Labute approximate surface area is 178 Å². The van der Waals surface area contributed by atoms with Crippen LogP contribution in [0, 0.1) is 0 Å². The van der Waals surface area contributed by atoms with Crippen molar-refractivity contribution in [3.8, 4) is 17.1 Å². The minimum Gasteiger partial charge on any atom is -0.497 e. The van der Waals surface area contributed by atoms with Crippen molar-refractivity contribution in [3.63, 3.8) is 0 Å². The maximum Gasteiger partial charge on any atom is 0.338 e. The summed E-state index contributed by atoms with van der Waals surface area (Å²) in [5.41, 5.74) is 1.82. The van der Waals surface area contributed by atoms with Gasteiger partial charge in [0.05, 0.1) is 25.0 Å². The van der Waals surface area contributed by atoms with Crippen LogP contribution in [0.4, 0.5) is 5.69 Å². The SMILES string of the molecule is CCOC(=O)c1cccc(NC(=O)CSc2nnc(-c3ccc(OC)cc3)n2C)c1. The van der Waals surface area contributed by atoms with Crippen LogP contribution in [0.25, 0.3) is 11.4 Å². The number of methoxy groups -OCH3 is 1. The van der Waals surface area contributed by atoms with Gasteiger partial charge in [-0.2, -0.15) is 0 Å². The highest BCUT2D eigenvalue weighted by atomic mass is 32.2. The summed E-state index contributed by atoms with van der Waals surface area (Å²) in [6.45, 7) is 2.04. The molecule has 0 aliphatic carbocycles. The summed E-state index contributed by atoms with van der Waals surface area (Å²) in [4.78, 5) is 24.2. The Hall–Kier alpha value is -3.33. The highest BCUT2D eigenvalue weighted by molar-refractivity contribution is 7.99. The van der Waals surface area contributed by atoms with E-state index in [4.69, 9.17) is 9.47 Å². The van der Waals surface area contributed by atoms with E-state index < -0.39 is 5.97 Å². The molecular weight excluding hydrogens is 404 g/mol. The van der Waals surface area contributed by atoms with E-state index in [2.05, 4.69) is 15.5 Å². The monoisotopic (exact) mass is 426 g/mol. The first-order valence-electron chi connectivity index (χ1n) is 9.25. The molecule has 0 aliphatic heterocycles. The van der Waals surface area contributed by atoms with Gasteiger partial charge in [-0.15, -0.1) is 10.2 Å². The molecule has 0 unspecified atom stereocenters. The lowest BCUT2D eigenvalue weighted by Crippen LogP contribution is -2.15. The largest absolute Gasteiger partial charge is 0.497 e. The molecule has 0 aliphatic rings. The van der Waals surface area contributed by atoms with Gasteiger partial charge in [-0.05, 0) is 49.4 Å². The molecule has 0 fully saturated rings. The Morgan fingerprint density at radius 1 is 1.13 bits per heavy atom. The molecule has 0 atom stereocenters. The zero-order valence-electron chi connectivity index (χ0n) is 16.9. The lowest BCUT2D eigenvalue weighted by molar-refractivity contribution is -0.113. The molecule has 0 spiro atoms. The number of thioether (sulfide) groups is 1. The first-order valence-corrected chi connectivity index (χ1v) is 10.2. The highest BCUT2D eigenvalue weighted by Crippen LogP contribution is 2.24. The van der Waals surface area contributed by atoms with Crippen molar-refractivity contribution >= 4 is 29.3 Å². The molecule has 2 aromatic carbocycles. The molecular formula is C21H22N4O4S. The molecule has 3 aromatic rings. The molecule has 156 valence electrons. The average Bonchev–Trinajstić information content (AvgIpc) is 3.13. The average molecular weight is 426 g/mol. The summed E-state index contributed by atoms with van der Waals surface area (Å²) in [7, 11) is 3.47. The normalized spacial score (nSPS) is 10.5. The van der Waals surface area contributed by atoms with Crippen LogP contribution < -0.4 is 10.1 Å². The van der Waals surface area contributed by atoms with Crippen molar-refractivity contribution in [1.82, 2.24) is 14.8 Å². The number of rotatable bonds is 8. The van der Waals surface area contributed by atoms with E-state index in [1.807, 2.05) is 35.9 Å². The molecule has 9 heteroatoms. The Balaban J connectivity index is 1.61. The van der Waals surface area contributed by atoms with Crippen LogP contribution in [0.5, 0.6) is 5.75 Å². The number of nitrogens with zero attached hydrogens (tertiary/aromatic N) is 3. The number of nitrogens with one attached hydrogen (secondary N) is 1. The number of aromatic nitrogens is 3. The van der Waals surface area contributed by atoms with Crippen LogP contribution in [0.3, 0.4) is 0 Å². The maximum atomic E-state index is 12.3. The van der Waals surface area contributed by atoms with Crippen LogP contribution in [-0.4, -0.2) is 46.1 Å². The van der Waals surface area contributed by atoms with Crippen molar-refractivity contribution in [1.29, 1.82) is 0 Å². The number of hydrogen-bond donors (Lipinski definition) is 1. The summed E-state index contributed by atoms with van der Waals surface area (Å²) in [6.07, 6.45) is 0. The number of esters is 1. The minimum absolute atomic E-state index is 0.151. The Kier molecular flexibility index (Phi) is 7.08. The van der Waals surface area contributed by atoms with Crippen LogP contribution in [0.15, 0.2) is 53.7 Å². The lowest BCUT2D eigenvalue weighted by Gasteiger charge is -2.07. The third-order valence-electron chi connectivity index (χ3n) is 4.17. The van der Waals surface area contributed by atoms with E-state index in [-0.39, 0.29) is 11.7 Å². The van der Waals surface area contributed by atoms with E-state index in [9.17, 15) is 9.59 Å². The fourth-order valence-electron chi connectivity index (χ4n) is 2.70. The van der Waals surface area contributed by atoms with Gasteiger partial charge in [-0.3, -0.25) is 4.79 Å². The Morgan fingerprint density at radius 3 is 2.60 bits per heavy atom. The second-order valence-electron chi connectivity index (χ2n) is 6.23. The summed E-state index contributed by atoms with van der Waals surface area (Å²) in [5, 5.41) is 11.8. The standard InChI is InChI=1S/C21H22N4O4S/c1-4-29-20(27)15-6-5-7-16(12-15)22-18(26)13-30-21-24-23-19(25(21)2)14-8-10-17(28-3)11-9-14/h5-12H,4,13H2,1-3H3,(H,22,26). The van der Waals surface area contributed by atoms with Gasteiger partial charge in [0.25, 0.3) is 0 Å². The highest BCUT2D eigenvalue weighted by Gasteiger charge is 2.14. The lowest BCUT2D eigenvalue weighted by atomic mass is 10.2. The van der Waals surface area contributed by atoms with Gasteiger partial charge in [0, 0.05) is 18.3 Å².